The molecule has 0 N–H and O–H groups in total. The van der Waals surface area contributed by atoms with Gasteiger partial charge in [0.15, 0.2) is 0 Å². The van der Waals surface area contributed by atoms with E-state index in [1.807, 2.05) is 53.4 Å². The van der Waals surface area contributed by atoms with Crippen molar-refractivity contribution in [2.45, 2.75) is 38.5 Å². The zero-order chi connectivity index (χ0) is 18.9. The Morgan fingerprint density at radius 3 is 2.32 bits per heavy atom. The molecule has 2 aromatic rings. The molecular weight excluding hydrogens is 346 g/mol. The Bertz CT molecular complexity index is 847. The summed E-state index contributed by atoms with van der Waals surface area (Å²) in [5.41, 5.74) is 2.20. The molecule has 3 heteroatoms. The Hall–Kier alpha value is -2.55. The number of carbonyl (C=O) groups is 1. The maximum atomic E-state index is 13.2. The minimum atomic E-state index is -0.176. The number of ether oxygens (including phenoxy) is 1. The summed E-state index contributed by atoms with van der Waals surface area (Å²) in [4.78, 5) is 15.2. The summed E-state index contributed by atoms with van der Waals surface area (Å²) >= 11 is 0. The van der Waals surface area contributed by atoms with E-state index in [9.17, 15) is 4.79 Å². The van der Waals surface area contributed by atoms with Gasteiger partial charge in [-0.3, -0.25) is 0 Å². The van der Waals surface area contributed by atoms with Gasteiger partial charge in [-0.1, -0.05) is 72.8 Å². The molecule has 28 heavy (non-hydrogen) atoms. The van der Waals surface area contributed by atoms with Gasteiger partial charge in [-0.05, 0) is 54.1 Å². The van der Waals surface area contributed by atoms with E-state index >= 15 is 0 Å². The standard InChI is InChI=1S/C25H27NO2/c27-25(28-17-19-9-5-2-6-10-19)26(16-18-7-3-1-4-8-18)23-14-13-22-20-11-12-21(15-20)24(22)23/h1-12,20-24H,13-17H2/t20-,21+,22-,23-,24-/m0/s1. The minimum absolute atomic E-state index is 0.176. The van der Waals surface area contributed by atoms with E-state index in [-0.39, 0.29) is 12.1 Å². The molecule has 3 aliphatic carbocycles. The van der Waals surface area contributed by atoms with Crippen LogP contribution in [0.15, 0.2) is 72.8 Å². The van der Waals surface area contributed by atoms with Gasteiger partial charge in [-0.25, -0.2) is 4.79 Å². The number of hydrogen-bond acceptors (Lipinski definition) is 2. The monoisotopic (exact) mass is 373 g/mol. The van der Waals surface area contributed by atoms with Crippen LogP contribution in [0.3, 0.4) is 0 Å². The van der Waals surface area contributed by atoms with Crippen molar-refractivity contribution >= 4 is 6.09 Å². The smallest absolute Gasteiger partial charge is 0.410 e. The van der Waals surface area contributed by atoms with Gasteiger partial charge in [0.2, 0.25) is 0 Å². The van der Waals surface area contributed by atoms with Gasteiger partial charge in [0, 0.05) is 12.6 Å². The molecule has 1 amide bonds. The first-order valence-electron chi connectivity index (χ1n) is 10.5. The largest absolute Gasteiger partial charge is 0.445 e. The summed E-state index contributed by atoms with van der Waals surface area (Å²) in [7, 11) is 0. The Morgan fingerprint density at radius 2 is 1.57 bits per heavy atom. The van der Waals surface area contributed by atoms with Crippen molar-refractivity contribution in [1.82, 2.24) is 4.90 Å². The maximum Gasteiger partial charge on any atom is 0.410 e. The lowest BCUT2D eigenvalue weighted by Gasteiger charge is -2.35. The van der Waals surface area contributed by atoms with Crippen LogP contribution in [0.1, 0.15) is 30.4 Å². The summed E-state index contributed by atoms with van der Waals surface area (Å²) in [6.45, 7) is 0.960. The fourth-order valence-corrected chi connectivity index (χ4v) is 5.76. The molecule has 3 aliphatic rings. The minimum Gasteiger partial charge on any atom is -0.445 e. The molecular formula is C25H27NO2. The van der Waals surface area contributed by atoms with Crippen molar-refractivity contribution in [3.63, 3.8) is 0 Å². The van der Waals surface area contributed by atoms with Gasteiger partial charge >= 0.3 is 6.09 Å². The third-order valence-corrected chi connectivity index (χ3v) is 6.96. The van der Waals surface area contributed by atoms with E-state index in [0.29, 0.717) is 25.0 Å². The SMILES string of the molecule is O=C(OCc1ccccc1)N(Cc1ccccc1)[C@H]1CC[C@@H]2[C@@H]1[C@@H]1C=C[C@H]2C1. The average molecular weight is 373 g/mol. The summed E-state index contributed by atoms with van der Waals surface area (Å²) in [5.74, 6) is 2.73. The topological polar surface area (TPSA) is 29.5 Å². The molecule has 0 saturated heterocycles. The molecule has 0 unspecified atom stereocenters. The molecule has 0 aliphatic heterocycles. The number of carbonyl (C=O) groups excluding carboxylic acids is 1. The number of hydrogen-bond donors (Lipinski definition) is 0. The number of nitrogens with zero attached hydrogens (tertiary/aromatic N) is 1. The maximum absolute atomic E-state index is 13.2. The van der Waals surface area contributed by atoms with E-state index < -0.39 is 0 Å². The van der Waals surface area contributed by atoms with E-state index in [4.69, 9.17) is 4.74 Å². The van der Waals surface area contributed by atoms with Gasteiger partial charge in [-0.15, -0.1) is 0 Å². The predicted molar refractivity (Wildman–Crippen MR) is 109 cm³/mol. The highest BCUT2D eigenvalue weighted by molar-refractivity contribution is 5.68. The highest BCUT2D eigenvalue weighted by Gasteiger charge is 2.53. The van der Waals surface area contributed by atoms with Crippen LogP contribution in [0.25, 0.3) is 0 Å². The lowest BCUT2D eigenvalue weighted by molar-refractivity contribution is 0.0629. The van der Waals surface area contributed by atoms with Crippen molar-refractivity contribution in [1.29, 1.82) is 0 Å². The molecule has 2 aromatic carbocycles. The van der Waals surface area contributed by atoms with Gasteiger partial charge in [-0.2, -0.15) is 0 Å². The first-order chi connectivity index (χ1) is 13.8. The second kappa shape index (κ2) is 7.46. The molecule has 144 valence electrons. The summed E-state index contributed by atoms with van der Waals surface area (Å²) in [5, 5.41) is 0. The van der Waals surface area contributed by atoms with Crippen LogP contribution in [0, 0.1) is 23.7 Å². The first kappa shape index (κ1) is 17.5. The van der Waals surface area contributed by atoms with E-state index in [1.54, 1.807) is 0 Å². The number of rotatable bonds is 5. The molecule has 5 atom stereocenters. The molecule has 0 aromatic heterocycles. The van der Waals surface area contributed by atoms with E-state index in [0.717, 1.165) is 23.8 Å². The quantitative estimate of drug-likeness (QED) is 0.655. The normalized spacial score (nSPS) is 29.6. The van der Waals surface area contributed by atoms with Crippen molar-refractivity contribution in [2.75, 3.05) is 0 Å². The Kier molecular flexibility index (Phi) is 4.67. The van der Waals surface area contributed by atoms with E-state index in [2.05, 4.69) is 24.3 Å². The van der Waals surface area contributed by atoms with E-state index in [1.165, 1.54) is 18.4 Å². The number of benzene rings is 2. The number of fused-ring (bicyclic) bond motifs is 5. The molecule has 3 nitrogen and oxygen atoms in total. The van der Waals surface area contributed by atoms with Crippen LogP contribution < -0.4 is 0 Å². The van der Waals surface area contributed by atoms with Crippen molar-refractivity contribution in [2.24, 2.45) is 23.7 Å². The zero-order valence-corrected chi connectivity index (χ0v) is 16.1. The van der Waals surface area contributed by atoms with Crippen molar-refractivity contribution in [3.05, 3.63) is 83.9 Å². The number of allylic oxidation sites excluding steroid dienone is 2. The van der Waals surface area contributed by atoms with Crippen LogP contribution in [-0.4, -0.2) is 17.0 Å². The average Bonchev–Trinajstić information content (AvgIpc) is 3.46. The van der Waals surface area contributed by atoms with Gasteiger partial charge < -0.3 is 9.64 Å². The Morgan fingerprint density at radius 1 is 0.893 bits per heavy atom. The van der Waals surface area contributed by atoms with Crippen LogP contribution >= 0.6 is 0 Å². The van der Waals surface area contributed by atoms with Gasteiger partial charge in [0.25, 0.3) is 0 Å². The summed E-state index contributed by atoms with van der Waals surface area (Å²) in [6, 6.07) is 20.5. The Labute approximate surface area is 167 Å². The Balaban J connectivity index is 1.35. The highest BCUT2D eigenvalue weighted by Crippen LogP contribution is 2.56. The molecule has 2 bridgehead atoms. The summed E-state index contributed by atoms with van der Waals surface area (Å²) < 4.78 is 5.77. The predicted octanol–water partition coefficient (Wildman–Crippen LogP) is 5.43. The van der Waals surface area contributed by atoms with Crippen LogP contribution in [0.5, 0.6) is 0 Å². The van der Waals surface area contributed by atoms with Crippen molar-refractivity contribution < 1.29 is 9.53 Å². The second-order valence-corrected chi connectivity index (χ2v) is 8.49. The molecule has 2 fully saturated rings. The third kappa shape index (κ3) is 3.23. The molecule has 0 radical (unpaired) electrons. The third-order valence-electron chi connectivity index (χ3n) is 6.96. The fraction of sp³-hybridized carbons (Fsp3) is 0.400. The highest BCUT2D eigenvalue weighted by atomic mass is 16.6. The zero-order valence-electron chi connectivity index (χ0n) is 16.1. The first-order valence-corrected chi connectivity index (χ1v) is 10.5. The summed E-state index contributed by atoms with van der Waals surface area (Å²) in [6.07, 6.45) is 8.26. The second-order valence-electron chi connectivity index (χ2n) is 8.49. The van der Waals surface area contributed by atoms with Gasteiger partial charge in [0.1, 0.15) is 6.61 Å². The van der Waals surface area contributed by atoms with Crippen molar-refractivity contribution in [3.8, 4) is 0 Å². The van der Waals surface area contributed by atoms with Crippen LogP contribution in [-0.2, 0) is 17.9 Å². The molecule has 0 spiro atoms. The molecule has 5 rings (SSSR count). The number of amides is 1. The van der Waals surface area contributed by atoms with Crippen LogP contribution in [0.2, 0.25) is 0 Å². The fourth-order valence-electron chi connectivity index (χ4n) is 5.76. The van der Waals surface area contributed by atoms with Crippen LogP contribution in [0.4, 0.5) is 4.79 Å². The molecule has 0 heterocycles. The lowest BCUT2D eigenvalue weighted by atomic mass is 9.83. The molecule has 2 saturated carbocycles. The lowest BCUT2D eigenvalue weighted by Crippen LogP contribution is -2.44. The van der Waals surface area contributed by atoms with Gasteiger partial charge in [0.05, 0.1) is 0 Å².